The third-order valence-electron chi connectivity index (χ3n) is 3.31. The van der Waals surface area contributed by atoms with Crippen LogP contribution in [0.25, 0.3) is 10.7 Å². The zero-order valence-electron chi connectivity index (χ0n) is 11.7. The average Bonchev–Trinajstić information content (AvgIpc) is 3.18. The van der Waals surface area contributed by atoms with E-state index < -0.39 is 0 Å². The van der Waals surface area contributed by atoms with Crippen molar-refractivity contribution in [1.82, 2.24) is 15.3 Å². The fraction of sp³-hybridized carbons (Fsp3) is 0.467. The van der Waals surface area contributed by atoms with Crippen LogP contribution in [0.3, 0.4) is 0 Å². The highest BCUT2D eigenvalue weighted by atomic mass is 79.9. The summed E-state index contributed by atoms with van der Waals surface area (Å²) >= 11 is 5.20. The molecule has 106 valence electrons. The Kier molecular flexibility index (Phi) is 4.19. The standard InChI is InChI=1S/C15H18BrN3S/c1-9(2)17-8-13-14(10-3-4-10)19-15(20-13)12-6-5-11(16)7-18-12/h5-7,9-10,17H,3-4,8H2,1-2H3. The maximum absolute atomic E-state index is 4.85. The SMILES string of the molecule is CC(C)NCc1sc(-c2ccc(Br)cn2)nc1C1CC1. The van der Waals surface area contributed by atoms with Crippen molar-refractivity contribution in [2.75, 3.05) is 0 Å². The first kappa shape index (κ1) is 14.2. The predicted molar refractivity (Wildman–Crippen MR) is 87.0 cm³/mol. The molecule has 0 unspecified atom stereocenters. The van der Waals surface area contributed by atoms with E-state index in [1.165, 1.54) is 23.4 Å². The molecule has 0 bridgehead atoms. The number of aromatic nitrogens is 2. The molecule has 2 heterocycles. The van der Waals surface area contributed by atoms with Crippen LogP contribution in [0.15, 0.2) is 22.8 Å². The Morgan fingerprint density at radius 1 is 1.40 bits per heavy atom. The van der Waals surface area contributed by atoms with Gasteiger partial charge in [-0.05, 0) is 40.9 Å². The first-order valence-corrected chi connectivity index (χ1v) is 8.59. The lowest BCUT2D eigenvalue weighted by Gasteiger charge is -2.06. The molecule has 1 fully saturated rings. The lowest BCUT2D eigenvalue weighted by atomic mass is 10.2. The average molecular weight is 352 g/mol. The van der Waals surface area contributed by atoms with Crippen LogP contribution in [-0.2, 0) is 6.54 Å². The normalized spacial score (nSPS) is 15.0. The number of thiazole rings is 1. The maximum Gasteiger partial charge on any atom is 0.142 e. The van der Waals surface area contributed by atoms with Gasteiger partial charge in [-0.25, -0.2) is 4.98 Å². The lowest BCUT2D eigenvalue weighted by molar-refractivity contribution is 0.590. The summed E-state index contributed by atoms with van der Waals surface area (Å²) in [6, 6.07) is 4.55. The van der Waals surface area contributed by atoms with Crippen molar-refractivity contribution < 1.29 is 0 Å². The van der Waals surface area contributed by atoms with E-state index in [4.69, 9.17) is 4.98 Å². The Morgan fingerprint density at radius 3 is 2.80 bits per heavy atom. The number of hydrogen-bond donors (Lipinski definition) is 1. The van der Waals surface area contributed by atoms with Gasteiger partial charge < -0.3 is 5.32 Å². The van der Waals surface area contributed by atoms with Crippen molar-refractivity contribution in [2.24, 2.45) is 0 Å². The third kappa shape index (κ3) is 3.27. The number of halogens is 1. The molecule has 20 heavy (non-hydrogen) atoms. The number of pyridine rings is 1. The van der Waals surface area contributed by atoms with Crippen molar-refractivity contribution in [3.63, 3.8) is 0 Å². The van der Waals surface area contributed by atoms with Gasteiger partial charge in [0.15, 0.2) is 0 Å². The Morgan fingerprint density at radius 2 is 2.20 bits per heavy atom. The van der Waals surface area contributed by atoms with Crippen molar-refractivity contribution in [1.29, 1.82) is 0 Å². The van der Waals surface area contributed by atoms with Gasteiger partial charge in [-0.2, -0.15) is 0 Å². The second-order valence-corrected chi connectivity index (χ2v) is 7.50. The molecule has 2 aromatic rings. The van der Waals surface area contributed by atoms with Gasteiger partial charge in [-0.1, -0.05) is 13.8 Å². The molecule has 1 aliphatic carbocycles. The number of hydrogen-bond acceptors (Lipinski definition) is 4. The first-order chi connectivity index (χ1) is 9.63. The molecule has 0 radical (unpaired) electrons. The van der Waals surface area contributed by atoms with Crippen molar-refractivity contribution in [2.45, 2.75) is 45.2 Å². The smallest absolute Gasteiger partial charge is 0.142 e. The minimum Gasteiger partial charge on any atom is -0.310 e. The molecular weight excluding hydrogens is 334 g/mol. The summed E-state index contributed by atoms with van der Waals surface area (Å²) in [5.41, 5.74) is 2.26. The molecule has 1 saturated carbocycles. The molecule has 5 heteroatoms. The van der Waals surface area contributed by atoms with Gasteiger partial charge in [0.2, 0.25) is 0 Å². The van der Waals surface area contributed by atoms with Crippen LogP contribution in [0, 0.1) is 0 Å². The quantitative estimate of drug-likeness (QED) is 0.870. The van der Waals surface area contributed by atoms with Gasteiger partial charge >= 0.3 is 0 Å². The minimum atomic E-state index is 0.499. The zero-order valence-corrected chi connectivity index (χ0v) is 14.1. The molecule has 0 amide bonds. The van der Waals surface area contributed by atoms with Gasteiger partial charge in [0.05, 0.1) is 11.4 Å². The summed E-state index contributed by atoms with van der Waals surface area (Å²) in [6.45, 7) is 5.27. The van der Waals surface area contributed by atoms with E-state index in [9.17, 15) is 0 Å². The highest BCUT2D eigenvalue weighted by molar-refractivity contribution is 9.10. The molecule has 0 saturated heterocycles. The van der Waals surface area contributed by atoms with E-state index in [1.54, 1.807) is 11.3 Å². The monoisotopic (exact) mass is 351 g/mol. The highest BCUT2D eigenvalue weighted by Crippen LogP contribution is 2.44. The van der Waals surface area contributed by atoms with Gasteiger partial charge in [0, 0.05) is 34.1 Å². The van der Waals surface area contributed by atoms with Gasteiger partial charge in [-0.15, -0.1) is 11.3 Å². The van der Waals surface area contributed by atoms with E-state index in [2.05, 4.69) is 40.1 Å². The second kappa shape index (κ2) is 5.92. The Balaban J connectivity index is 1.88. The van der Waals surface area contributed by atoms with Crippen LogP contribution >= 0.6 is 27.3 Å². The molecule has 0 atom stereocenters. The summed E-state index contributed by atoms with van der Waals surface area (Å²) < 4.78 is 1.00. The van der Waals surface area contributed by atoms with Crippen LogP contribution in [0.1, 0.15) is 43.2 Å². The van der Waals surface area contributed by atoms with E-state index in [-0.39, 0.29) is 0 Å². The van der Waals surface area contributed by atoms with Crippen LogP contribution in [-0.4, -0.2) is 16.0 Å². The van der Waals surface area contributed by atoms with Gasteiger partial charge in [0.1, 0.15) is 5.01 Å². The van der Waals surface area contributed by atoms with Crippen LogP contribution in [0.5, 0.6) is 0 Å². The van der Waals surface area contributed by atoms with Crippen molar-refractivity contribution in [3.05, 3.63) is 33.4 Å². The molecule has 1 aliphatic rings. The molecule has 3 rings (SSSR count). The predicted octanol–water partition coefficient (Wildman–Crippen LogP) is 4.34. The van der Waals surface area contributed by atoms with E-state index in [0.29, 0.717) is 12.0 Å². The lowest BCUT2D eigenvalue weighted by Crippen LogP contribution is -2.21. The summed E-state index contributed by atoms with van der Waals surface area (Å²) in [4.78, 5) is 10.7. The summed E-state index contributed by atoms with van der Waals surface area (Å²) in [6.07, 6.45) is 4.40. The molecular formula is C15H18BrN3S. The summed E-state index contributed by atoms with van der Waals surface area (Å²) in [5, 5.41) is 4.54. The van der Waals surface area contributed by atoms with E-state index >= 15 is 0 Å². The zero-order chi connectivity index (χ0) is 14.1. The largest absolute Gasteiger partial charge is 0.310 e. The fourth-order valence-corrected chi connectivity index (χ4v) is 3.38. The van der Waals surface area contributed by atoms with Gasteiger partial charge in [0.25, 0.3) is 0 Å². The van der Waals surface area contributed by atoms with Crippen molar-refractivity contribution >= 4 is 27.3 Å². The van der Waals surface area contributed by atoms with E-state index in [1.807, 2.05) is 18.3 Å². The number of rotatable bonds is 5. The van der Waals surface area contributed by atoms with Crippen LogP contribution in [0.2, 0.25) is 0 Å². The highest BCUT2D eigenvalue weighted by Gasteiger charge is 2.29. The maximum atomic E-state index is 4.85. The topological polar surface area (TPSA) is 37.8 Å². The number of nitrogens with zero attached hydrogens (tertiary/aromatic N) is 2. The Hall–Kier alpha value is -0.780. The minimum absolute atomic E-state index is 0.499. The Bertz CT molecular complexity index is 588. The second-order valence-electron chi connectivity index (χ2n) is 5.50. The molecule has 3 nitrogen and oxygen atoms in total. The first-order valence-electron chi connectivity index (χ1n) is 6.98. The summed E-state index contributed by atoms with van der Waals surface area (Å²) in [7, 11) is 0. The fourth-order valence-electron chi connectivity index (χ4n) is 2.07. The molecule has 0 aliphatic heterocycles. The van der Waals surface area contributed by atoms with Crippen LogP contribution < -0.4 is 5.32 Å². The van der Waals surface area contributed by atoms with E-state index in [0.717, 1.165) is 21.7 Å². The molecule has 2 aromatic heterocycles. The molecule has 1 N–H and O–H groups in total. The van der Waals surface area contributed by atoms with Crippen molar-refractivity contribution in [3.8, 4) is 10.7 Å². The molecule has 0 aromatic carbocycles. The Labute approximate surface area is 132 Å². The van der Waals surface area contributed by atoms with Gasteiger partial charge in [-0.3, -0.25) is 4.98 Å². The van der Waals surface area contributed by atoms with Crippen LogP contribution in [0.4, 0.5) is 0 Å². The number of nitrogens with one attached hydrogen (secondary N) is 1. The molecule has 0 spiro atoms. The third-order valence-corrected chi connectivity index (χ3v) is 4.87. The summed E-state index contributed by atoms with van der Waals surface area (Å²) in [5.74, 6) is 0.680.